The fraction of sp³-hybridized carbons (Fsp3) is 0.538. The summed E-state index contributed by atoms with van der Waals surface area (Å²) in [4.78, 5) is 15.2. The third-order valence-electron chi connectivity index (χ3n) is 2.98. The van der Waals surface area contributed by atoms with Crippen molar-refractivity contribution in [1.29, 1.82) is 0 Å². The molecule has 9 heteroatoms. The molecule has 1 aliphatic heterocycles. The van der Waals surface area contributed by atoms with Gasteiger partial charge in [-0.3, -0.25) is 0 Å². The number of ether oxygens (including phenoxy) is 2. The van der Waals surface area contributed by atoms with Crippen molar-refractivity contribution in [3.05, 3.63) is 18.3 Å². The van der Waals surface area contributed by atoms with Gasteiger partial charge in [-0.25, -0.2) is 18.6 Å². The van der Waals surface area contributed by atoms with Crippen molar-refractivity contribution in [1.82, 2.24) is 4.98 Å². The molecule has 1 aromatic rings. The van der Waals surface area contributed by atoms with Crippen molar-refractivity contribution < 1.29 is 31.8 Å². The lowest BCUT2D eigenvalue weighted by Gasteiger charge is -2.15. The molecule has 122 valence electrons. The van der Waals surface area contributed by atoms with Crippen LogP contribution in [0.25, 0.3) is 0 Å². The molecule has 0 unspecified atom stereocenters. The minimum Gasteiger partial charge on any atom is -0.471 e. The number of carbonyl (C=O) groups is 1. The number of anilines is 1. The quantitative estimate of drug-likeness (QED) is 0.644. The lowest BCUT2D eigenvalue weighted by atomic mass is 10.2. The second kappa shape index (κ2) is 6.37. The molecule has 0 radical (unpaired) electrons. The maximum Gasteiger partial charge on any atom is 0.340 e. The molecule has 22 heavy (non-hydrogen) atoms. The number of alkyl halides is 4. The van der Waals surface area contributed by atoms with Crippen molar-refractivity contribution in [2.45, 2.75) is 37.8 Å². The molecule has 1 N–H and O–H groups in total. The van der Waals surface area contributed by atoms with Crippen molar-refractivity contribution >= 4 is 11.7 Å². The van der Waals surface area contributed by atoms with Crippen molar-refractivity contribution in [3.8, 4) is 5.88 Å². The highest BCUT2D eigenvalue weighted by Gasteiger charge is 2.41. The van der Waals surface area contributed by atoms with Crippen LogP contribution in [0.2, 0.25) is 0 Å². The predicted molar refractivity (Wildman–Crippen MR) is 68.3 cm³/mol. The SMILES string of the molecule is C[C@@H]1C[C@@H](Nc2ccc(OCC(F)(F)C(F)F)nc2)C(=O)O1. The van der Waals surface area contributed by atoms with E-state index in [0.29, 0.717) is 12.1 Å². The number of esters is 1. The summed E-state index contributed by atoms with van der Waals surface area (Å²) in [6.45, 7) is 0.300. The molecule has 0 amide bonds. The van der Waals surface area contributed by atoms with E-state index in [4.69, 9.17) is 4.74 Å². The summed E-state index contributed by atoms with van der Waals surface area (Å²) >= 11 is 0. The zero-order valence-electron chi connectivity index (χ0n) is 11.6. The van der Waals surface area contributed by atoms with Gasteiger partial charge in [-0.2, -0.15) is 8.78 Å². The number of carbonyl (C=O) groups excluding carboxylic acids is 1. The van der Waals surface area contributed by atoms with E-state index in [9.17, 15) is 22.4 Å². The second-order valence-corrected chi connectivity index (χ2v) is 4.92. The number of pyridine rings is 1. The van der Waals surface area contributed by atoms with Crippen LogP contribution in [-0.4, -0.2) is 42.1 Å². The largest absolute Gasteiger partial charge is 0.471 e. The molecule has 2 heterocycles. The zero-order valence-corrected chi connectivity index (χ0v) is 11.6. The lowest BCUT2D eigenvalue weighted by molar-refractivity contribution is -0.148. The molecule has 0 aromatic carbocycles. The van der Waals surface area contributed by atoms with Gasteiger partial charge >= 0.3 is 18.3 Å². The van der Waals surface area contributed by atoms with Gasteiger partial charge in [-0.1, -0.05) is 0 Å². The molecule has 5 nitrogen and oxygen atoms in total. The van der Waals surface area contributed by atoms with Crippen molar-refractivity contribution in [2.75, 3.05) is 11.9 Å². The number of rotatable bonds is 6. The van der Waals surface area contributed by atoms with Crippen LogP contribution in [-0.2, 0) is 9.53 Å². The van der Waals surface area contributed by atoms with Gasteiger partial charge in [0.2, 0.25) is 5.88 Å². The summed E-state index contributed by atoms with van der Waals surface area (Å²) in [5, 5.41) is 2.88. The van der Waals surface area contributed by atoms with Crippen LogP contribution >= 0.6 is 0 Å². The summed E-state index contributed by atoms with van der Waals surface area (Å²) in [5.41, 5.74) is 0.462. The highest BCUT2D eigenvalue weighted by atomic mass is 19.3. The Morgan fingerprint density at radius 2 is 2.23 bits per heavy atom. The maximum atomic E-state index is 12.7. The summed E-state index contributed by atoms with van der Waals surface area (Å²) < 4.78 is 58.8. The van der Waals surface area contributed by atoms with Crippen LogP contribution < -0.4 is 10.1 Å². The monoisotopic (exact) mass is 322 g/mol. The second-order valence-electron chi connectivity index (χ2n) is 4.92. The fourth-order valence-electron chi connectivity index (χ4n) is 1.86. The van der Waals surface area contributed by atoms with Crippen LogP contribution in [0.1, 0.15) is 13.3 Å². The molecule has 1 saturated heterocycles. The average molecular weight is 322 g/mol. The normalized spacial score (nSPS) is 21.8. The molecular formula is C13H14F4N2O3. The Kier molecular flexibility index (Phi) is 4.72. The molecule has 0 bridgehead atoms. The number of hydrogen-bond donors (Lipinski definition) is 1. The summed E-state index contributed by atoms with van der Waals surface area (Å²) in [7, 11) is 0. The molecule has 1 aromatic heterocycles. The van der Waals surface area contributed by atoms with E-state index in [-0.39, 0.29) is 18.0 Å². The van der Waals surface area contributed by atoms with E-state index in [1.807, 2.05) is 0 Å². The number of cyclic esters (lactones) is 1. The average Bonchev–Trinajstić information content (AvgIpc) is 2.76. The van der Waals surface area contributed by atoms with Crippen LogP contribution in [0.4, 0.5) is 23.2 Å². The number of aromatic nitrogens is 1. The van der Waals surface area contributed by atoms with Crippen LogP contribution in [0, 0.1) is 0 Å². The minimum absolute atomic E-state index is 0.183. The van der Waals surface area contributed by atoms with Crippen LogP contribution in [0.15, 0.2) is 18.3 Å². The standard InChI is InChI=1S/C13H14F4N2O3/c1-7-4-9(11(20)22-7)19-8-2-3-10(18-5-8)21-6-13(16,17)12(14)15/h2-3,5,7,9,12,19H,4,6H2,1H3/t7-,9-/m1/s1. The number of nitrogens with one attached hydrogen (secondary N) is 1. The molecule has 0 spiro atoms. The summed E-state index contributed by atoms with van der Waals surface area (Å²) in [6.07, 6.45) is -2.23. The molecule has 0 aliphatic carbocycles. The van der Waals surface area contributed by atoms with Gasteiger partial charge in [0.1, 0.15) is 12.1 Å². The predicted octanol–water partition coefficient (Wildman–Crippen LogP) is 2.48. The molecule has 2 rings (SSSR count). The van der Waals surface area contributed by atoms with E-state index >= 15 is 0 Å². The third kappa shape index (κ3) is 3.99. The number of hydrogen-bond acceptors (Lipinski definition) is 5. The topological polar surface area (TPSA) is 60.5 Å². The molecular weight excluding hydrogens is 308 g/mol. The zero-order chi connectivity index (χ0) is 16.3. The maximum absolute atomic E-state index is 12.7. The lowest BCUT2D eigenvalue weighted by Crippen LogP contribution is -2.33. The Hall–Kier alpha value is -2.06. The van der Waals surface area contributed by atoms with Gasteiger partial charge < -0.3 is 14.8 Å². The van der Waals surface area contributed by atoms with Gasteiger partial charge in [0.05, 0.1) is 11.9 Å². The highest BCUT2D eigenvalue weighted by Crippen LogP contribution is 2.24. The van der Waals surface area contributed by atoms with Gasteiger partial charge in [0.25, 0.3) is 0 Å². The first-order chi connectivity index (χ1) is 10.3. The molecule has 0 saturated carbocycles. The fourth-order valence-corrected chi connectivity index (χ4v) is 1.86. The van der Waals surface area contributed by atoms with Crippen molar-refractivity contribution in [2.24, 2.45) is 0 Å². The highest BCUT2D eigenvalue weighted by molar-refractivity contribution is 5.81. The first-order valence-electron chi connectivity index (χ1n) is 6.50. The molecule has 1 aliphatic rings. The van der Waals surface area contributed by atoms with Gasteiger partial charge in [-0.05, 0) is 13.0 Å². The molecule has 1 fully saturated rings. The summed E-state index contributed by atoms with van der Waals surface area (Å²) in [5.74, 6) is -4.83. The van der Waals surface area contributed by atoms with Gasteiger partial charge in [0.15, 0.2) is 6.61 Å². The third-order valence-corrected chi connectivity index (χ3v) is 2.98. The van der Waals surface area contributed by atoms with E-state index < -0.39 is 25.0 Å². The van der Waals surface area contributed by atoms with E-state index in [1.54, 1.807) is 6.92 Å². The Morgan fingerprint density at radius 1 is 1.50 bits per heavy atom. The Bertz CT molecular complexity index is 525. The Morgan fingerprint density at radius 3 is 2.73 bits per heavy atom. The van der Waals surface area contributed by atoms with Crippen LogP contribution in [0.3, 0.4) is 0 Å². The Balaban J connectivity index is 1.89. The summed E-state index contributed by atoms with van der Waals surface area (Å²) in [6, 6.07) is 2.18. The van der Waals surface area contributed by atoms with Gasteiger partial charge in [-0.15, -0.1) is 0 Å². The first-order valence-corrected chi connectivity index (χ1v) is 6.50. The number of nitrogens with zero attached hydrogens (tertiary/aromatic N) is 1. The van der Waals surface area contributed by atoms with Crippen molar-refractivity contribution in [3.63, 3.8) is 0 Å². The van der Waals surface area contributed by atoms with E-state index in [0.717, 1.165) is 0 Å². The molecule has 2 atom stereocenters. The minimum atomic E-state index is -4.23. The number of halogens is 4. The van der Waals surface area contributed by atoms with Crippen LogP contribution in [0.5, 0.6) is 5.88 Å². The van der Waals surface area contributed by atoms with E-state index in [2.05, 4.69) is 15.0 Å². The smallest absolute Gasteiger partial charge is 0.340 e. The first kappa shape index (κ1) is 16.3. The van der Waals surface area contributed by atoms with Gasteiger partial charge in [0, 0.05) is 12.5 Å². The van der Waals surface area contributed by atoms with E-state index in [1.165, 1.54) is 18.3 Å². The Labute approximate surface area is 123 Å².